The molecule has 9 heteroatoms. The molecule has 1 N–H and O–H groups in total. The van der Waals surface area contributed by atoms with Crippen LogP contribution in [0.3, 0.4) is 0 Å². The summed E-state index contributed by atoms with van der Waals surface area (Å²) in [6.45, 7) is 7.67. The summed E-state index contributed by atoms with van der Waals surface area (Å²) in [4.78, 5) is 5.78. The van der Waals surface area contributed by atoms with E-state index in [1.165, 1.54) is 5.56 Å². The van der Waals surface area contributed by atoms with Crippen LogP contribution in [0.15, 0.2) is 40.8 Å². The molecule has 0 radical (unpaired) electrons. The van der Waals surface area contributed by atoms with Crippen LogP contribution < -0.4 is 9.47 Å². The minimum atomic E-state index is 0.278. The largest absolute Gasteiger partial charge is 0.493 e. The van der Waals surface area contributed by atoms with Crippen molar-refractivity contribution in [3.8, 4) is 34.2 Å². The molecule has 0 aliphatic rings. The van der Waals surface area contributed by atoms with Gasteiger partial charge in [-0.2, -0.15) is 0 Å². The van der Waals surface area contributed by atoms with E-state index in [1.54, 1.807) is 28.4 Å². The summed E-state index contributed by atoms with van der Waals surface area (Å²) in [6.07, 6.45) is 0. The minimum absolute atomic E-state index is 0.278. The van der Waals surface area contributed by atoms with E-state index in [0.717, 1.165) is 40.8 Å². The van der Waals surface area contributed by atoms with Crippen LogP contribution in [0.1, 0.15) is 31.2 Å². The van der Waals surface area contributed by atoms with E-state index in [1.807, 2.05) is 24.3 Å². The molecule has 0 aliphatic heterocycles. The third kappa shape index (κ3) is 5.95. The highest BCUT2D eigenvalue weighted by atomic mass is 16.5. The topological polar surface area (TPSA) is 94.9 Å². The Labute approximate surface area is 217 Å². The molecular formula is C28H36N4O5. The number of benzene rings is 2. The highest BCUT2D eigenvalue weighted by Crippen LogP contribution is 2.40. The predicted octanol–water partition coefficient (Wildman–Crippen LogP) is 5.12. The number of hydrogen-bond acceptors (Lipinski definition) is 8. The molecule has 2 aromatic heterocycles. The van der Waals surface area contributed by atoms with Crippen LogP contribution >= 0.6 is 0 Å². The van der Waals surface area contributed by atoms with Gasteiger partial charge in [-0.15, -0.1) is 10.2 Å². The maximum atomic E-state index is 6.07. The second-order valence-electron chi connectivity index (χ2n) is 9.16. The predicted molar refractivity (Wildman–Crippen MR) is 143 cm³/mol. The number of nitrogens with zero attached hydrogens (tertiary/aromatic N) is 3. The Morgan fingerprint density at radius 3 is 2.22 bits per heavy atom. The first-order valence-electron chi connectivity index (χ1n) is 12.4. The van der Waals surface area contributed by atoms with Gasteiger partial charge in [-0.3, -0.25) is 4.90 Å². The lowest BCUT2D eigenvalue weighted by Gasteiger charge is -2.19. The van der Waals surface area contributed by atoms with Gasteiger partial charge in [0.2, 0.25) is 11.8 Å². The minimum Gasteiger partial charge on any atom is -0.493 e. The second-order valence-corrected chi connectivity index (χ2v) is 9.16. The zero-order chi connectivity index (χ0) is 26.4. The van der Waals surface area contributed by atoms with Gasteiger partial charge in [-0.1, -0.05) is 13.8 Å². The summed E-state index contributed by atoms with van der Waals surface area (Å²) in [7, 11) is 6.67. The zero-order valence-electron chi connectivity index (χ0n) is 22.5. The summed E-state index contributed by atoms with van der Waals surface area (Å²) in [6, 6.07) is 12.2. The maximum Gasteiger partial charge on any atom is 0.247 e. The Morgan fingerprint density at radius 1 is 0.865 bits per heavy atom. The third-order valence-corrected chi connectivity index (χ3v) is 6.38. The zero-order valence-corrected chi connectivity index (χ0v) is 22.5. The summed E-state index contributed by atoms with van der Waals surface area (Å²) in [5, 5.41) is 9.77. The quantitative estimate of drug-likeness (QED) is 0.266. The molecule has 0 bridgehead atoms. The maximum absolute atomic E-state index is 6.07. The summed E-state index contributed by atoms with van der Waals surface area (Å²) in [5.74, 6) is 2.73. The van der Waals surface area contributed by atoms with Crippen LogP contribution in [-0.4, -0.2) is 74.8 Å². The number of fused-ring (bicyclic) bond motifs is 1. The van der Waals surface area contributed by atoms with Crippen LogP contribution in [-0.2, 0) is 16.0 Å². The van der Waals surface area contributed by atoms with E-state index in [9.17, 15) is 0 Å². The molecule has 0 saturated heterocycles. The number of ether oxygens (including phenoxy) is 4. The Kier molecular flexibility index (Phi) is 8.81. The third-order valence-electron chi connectivity index (χ3n) is 6.38. The van der Waals surface area contributed by atoms with Gasteiger partial charge in [-0.25, -0.2) is 0 Å². The van der Waals surface area contributed by atoms with Crippen molar-refractivity contribution in [1.29, 1.82) is 0 Å². The number of hydrogen-bond donors (Lipinski definition) is 1. The van der Waals surface area contributed by atoms with Crippen LogP contribution in [0.5, 0.6) is 11.5 Å². The summed E-state index contributed by atoms with van der Waals surface area (Å²) in [5.41, 5.74) is 5.23. The van der Waals surface area contributed by atoms with Crippen molar-refractivity contribution in [3.63, 3.8) is 0 Å². The van der Waals surface area contributed by atoms with Crippen molar-refractivity contribution < 1.29 is 23.4 Å². The van der Waals surface area contributed by atoms with E-state index in [0.29, 0.717) is 43.0 Å². The number of nitrogens with one attached hydrogen (secondary N) is 1. The van der Waals surface area contributed by atoms with E-state index in [2.05, 4.69) is 46.1 Å². The Bertz CT molecular complexity index is 1310. The first-order chi connectivity index (χ1) is 18.0. The van der Waals surface area contributed by atoms with Gasteiger partial charge < -0.3 is 28.3 Å². The molecule has 2 aromatic carbocycles. The first kappa shape index (κ1) is 26.7. The number of aromatic nitrogens is 3. The lowest BCUT2D eigenvalue weighted by atomic mass is 9.95. The van der Waals surface area contributed by atoms with Crippen LogP contribution in [0.25, 0.3) is 33.6 Å². The second kappa shape index (κ2) is 12.2. The summed E-state index contributed by atoms with van der Waals surface area (Å²) < 4.78 is 27.5. The van der Waals surface area contributed by atoms with Gasteiger partial charge >= 0.3 is 0 Å². The average Bonchev–Trinajstić information content (AvgIpc) is 3.54. The number of H-pyrrole nitrogens is 1. The molecule has 4 rings (SSSR count). The number of rotatable bonds is 13. The van der Waals surface area contributed by atoms with Crippen LogP contribution in [0, 0.1) is 0 Å². The first-order valence-corrected chi connectivity index (χ1v) is 12.4. The SMILES string of the molecule is COCCN(CCOC)Cc1nnc(-c2ccc3[nH]c(-c4ccc(OC)c(OC)c4)c(C(C)C)c3c2)o1. The molecule has 0 spiro atoms. The van der Waals surface area contributed by atoms with E-state index >= 15 is 0 Å². The van der Waals surface area contributed by atoms with Crippen molar-refractivity contribution in [2.75, 3.05) is 54.7 Å². The smallest absolute Gasteiger partial charge is 0.247 e. The number of aromatic amines is 1. The Morgan fingerprint density at radius 2 is 1.57 bits per heavy atom. The fraction of sp³-hybridized carbons (Fsp3) is 0.429. The van der Waals surface area contributed by atoms with E-state index in [4.69, 9.17) is 23.4 Å². The molecule has 2 heterocycles. The monoisotopic (exact) mass is 508 g/mol. The van der Waals surface area contributed by atoms with Gasteiger partial charge in [0.25, 0.3) is 0 Å². The van der Waals surface area contributed by atoms with Crippen molar-refractivity contribution >= 4 is 10.9 Å². The molecule has 0 amide bonds. The lowest BCUT2D eigenvalue weighted by Crippen LogP contribution is -2.30. The molecule has 0 fully saturated rings. The normalized spacial score (nSPS) is 11.7. The van der Waals surface area contributed by atoms with Gasteiger partial charge in [-0.05, 0) is 47.9 Å². The molecular weight excluding hydrogens is 472 g/mol. The van der Waals surface area contributed by atoms with E-state index in [-0.39, 0.29) is 5.92 Å². The highest BCUT2D eigenvalue weighted by molar-refractivity contribution is 5.94. The molecule has 0 unspecified atom stereocenters. The fourth-order valence-corrected chi connectivity index (χ4v) is 4.50. The number of methoxy groups -OCH3 is 4. The van der Waals surface area contributed by atoms with Crippen molar-refractivity contribution in [1.82, 2.24) is 20.1 Å². The van der Waals surface area contributed by atoms with Crippen LogP contribution in [0.2, 0.25) is 0 Å². The van der Waals surface area contributed by atoms with Gasteiger partial charge in [0, 0.05) is 49.3 Å². The Hall–Kier alpha value is -3.40. The molecule has 0 aliphatic carbocycles. The molecule has 9 nitrogen and oxygen atoms in total. The van der Waals surface area contributed by atoms with Gasteiger partial charge in [0.1, 0.15) is 0 Å². The molecule has 0 saturated carbocycles. The van der Waals surface area contributed by atoms with Crippen molar-refractivity contribution in [3.05, 3.63) is 47.9 Å². The molecule has 4 aromatic rings. The standard InChI is InChI=1S/C28H36N4O5/c1-18(2)26-21-15-20(28-31-30-25(37-28)17-32(11-13-33-3)12-14-34-4)7-9-22(21)29-27(26)19-8-10-23(35-5)24(16-19)36-6/h7-10,15-16,18,29H,11-14,17H2,1-6H3. The van der Waals surface area contributed by atoms with Crippen molar-refractivity contribution in [2.45, 2.75) is 26.3 Å². The van der Waals surface area contributed by atoms with Gasteiger partial charge in [0.05, 0.1) is 39.7 Å². The highest BCUT2D eigenvalue weighted by Gasteiger charge is 2.20. The summed E-state index contributed by atoms with van der Waals surface area (Å²) >= 11 is 0. The van der Waals surface area contributed by atoms with Crippen molar-refractivity contribution in [2.24, 2.45) is 0 Å². The van der Waals surface area contributed by atoms with E-state index < -0.39 is 0 Å². The Balaban J connectivity index is 1.66. The molecule has 198 valence electrons. The average molecular weight is 509 g/mol. The van der Waals surface area contributed by atoms with Crippen LogP contribution in [0.4, 0.5) is 0 Å². The lowest BCUT2D eigenvalue weighted by molar-refractivity contribution is 0.105. The fourth-order valence-electron chi connectivity index (χ4n) is 4.50. The molecule has 0 atom stereocenters. The molecule has 37 heavy (non-hydrogen) atoms. The van der Waals surface area contributed by atoms with Gasteiger partial charge in [0.15, 0.2) is 11.5 Å².